The van der Waals surface area contributed by atoms with E-state index in [-0.39, 0.29) is 43.2 Å². The molecule has 2 fully saturated rings. The summed E-state index contributed by atoms with van der Waals surface area (Å²) in [5, 5.41) is 43.4. The van der Waals surface area contributed by atoms with Crippen molar-refractivity contribution in [2.75, 3.05) is 26.7 Å². The summed E-state index contributed by atoms with van der Waals surface area (Å²) in [6, 6.07) is 5.62. The number of likely N-dealkylation sites (N-methyl/N-ethyl adjacent to an activating group) is 1. The van der Waals surface area contributed by atoms with Crippen LogP contribution < -0.4 is 16.0 Å². The van der Waals surface area contributed by atoms with Crippen LogP contribution in [-0.4, -0.2) is 119 Å². The fourth-order valence-electron chi connectivity index (χ4n) is 7.24. The Kier molecular flexibility index (Phi) is 14.0. The van der Waals surface area contributed by atoms with Gasteiger partial charge in [0.05, 0.1) is 42.7 Å². The summed E-state index contributed by atoms with van der Waals surface area (Å²) in [6.07, 6.45) is -2.12. The lowest BCUT2D eigenvalue weighted by Crippen LogP contribution is -2.68. The van der Waals surface area contributed by atoms with Crippen LogP contribution in [-0.2, 0) is 23.8 Å². The van der Waals surface area contributed by atoms with Crippen molar-refractivity contribution < 1.29 is 53.5 Å². The Balaban J connectivity index is 1.60. The number of hydrogen-bond acceptors (Lipinski definition) is 12. The fourth-order valence-corrected chi connectivity index (χ4v) is 7.24. The van der Waals surface area contributed by atoms with E-state index >= 15 is 0 Å². The van der Waals surface area contributed by atoms with Crippen molar-refractivity contribution in [1.82, 2.24) is 21.0 Å². The standard InChI is InChI=1S/C37H58N4O11/c1-9-24-16-15-21(2)29(49-24)26-22(3)19-25(30(27(26)42)50-33-28(43)31(38-8)37(7,47)20-48-33)40-34(45)41(18-17-39-35(46)51-36(4,5)6)52-32(44)23-13-11-10-12-14-23/h10-14,16,21-22,25-31,33,38,42-43,47H,9,15,17-20H2,1-8H3,(H,39,46)(H,40,45). The van der Waals surface area contributed by atoms with Crippen LogP contribution in [0.4, 0.5) is 9.59 Å². The predicted octanol–water partition coefficient (Wildman–Crippen LogP) is 2.84. The van der Waals surface area contributed by atoms with E-state index in [4.69, 9.17) is 23.8 Å². The molecule has 2 aliphatic heterocycles. The Morgan fingerprint density at radius 2 is 1.77 bits per heavy atom. The lowest BCUT2D eigenvalue weighted by Gasteiger charge is -2.51. The number of carbonyl (C=O) groups excluding carboxylic acids is 3. The smallest absolute Gasteiger partial charge is 0.407 e. The normalized spacial score (nSPS) is 33.6. The number of urea groups is 1. The van der Waals surface area contributed by atoms with Crippen LogP contribution in [0.25, 0.3) is 0 Å². The second kappa shape index (κ2) is 17.6. The van der Waals surface area contributed by atoms with Gasteiger partial charge in [0, 0.05) is 18.9 Å². The van der Waals surface area contributed by atoms with Crippen LogP contribution in [0.3, 0.4) is 0 Å². The molecule has 3 amide bonds. The number of ether oxygens (including phenoxy) is 4. The third-order valence-corrected chi connectivity index (χ3v) is 9.86. The van der Waals surface area contributed by atoms with E-state index in [2.05, 4.69) is 29.0 Å². The zero-order valence-corrected chi connectivity index (χ0v) is 31.5. The molecule has 15 heteroatoms. The Hall–Kier alpha value is -3.47. The lowest BCUT2D eigenvalue weighted by molar-refractivity contribution is -0.299. The topological polar surface area (TPSA) is 197 Å². The molecule has 1 aromatic rings. The molecule has 2 heterocycles. The van der Waals surface area contributed by atoms with Gasteiger partial charge in [-0.2, -0.15) is 5.06 Å². The molecule has 15 nitrogen and oxygen atoms in total. The van der Waals surface area contributed by atoms with Crippen molar-refractivity contribution in [3.63, 3.8) is 0 Å². The van der Waals surface area contributed by atoms with Crippen LogP contribution in [0.1, 0.15) is 78.1 Å². The van der Waals surface area contributed by atoms with Gasteiger partial charge < -0.3 is 55.1 Å². The van der Waals surface area contributed by atoms with E-state index < -0.39 is 71.9 Å². The number of benzene rings is 1. The number of aliphatic hydroxyl groups is 3. The number of rotatable bonds is 10. The number of nitrogens with one attached hydrogen (secondary N) is 3. The first kappa shape index (κ1) is 41.3. The van der Waals surface area contributed by atoms with E-state index in [1.54, 1.807) is 58.2 Å². The number of nitrogens with zero attached hydrogens (tertiary/aromatic N) is 1. The first-order valence-electron chi connectivity index (χ1n) is 18.2. The van der Waals surface area contributed by atoms with E-state index in [9.17, 15) is 29.7 Å². The molecule has 0 radical (unpaired) electrons. The summed E-state index contributed by atoms with van der Waals surface area (Å²) in [6.45, 7) is 12.2. The van der Waals surface area contributed by atoms with Gasteiger partial charge in [0.25, 0.3) is 0 Å². The summed E-state index contributed by atoms with van der Waals surface area (Å²) in [5.41, 5.74) is -1.96. The maximum atomic E-state index is 14.0. The Labute approximate surface area is 306 Å². The van der Waals surface area contributed by atoms with Crippen molar-refractivity contribution >= 4 is 18.1 Å². The van der Waals surface area contributed by atoms with E-state index in [0.717, 1.165) is 17.2 Å². The number of hydroxylamine groups is 2. The highest BCUT2D eigenvalue weighted by Crippen LogP contribution is 2.42. The summed E-state index contributed by atoms with van der Waals surface area (Å²) in [5.74, 6) is -0.477. The van der Waals surface area contributed by atoms with E-state index in [1.165, 1.54) is 6.92 Å². The number of hydrogen-bond donors (Lipinski definition) is 6. The third kappa shape index (κ3) is 10.4. The number of aliphatic hydroxyl groups excluding tert-OH is 2. The van der Waals surface area contributed by atoms with Crippen molar-refractivity contribution in [3.8, 4) is 0 Å². The zero-order chi connectivity index (χ0) is 38.4. The third-order valence-electron chi connectivity index (χ3n) is 9.86. The molecule has 11 unspecified atom stereocenters. The van der Waals surface area contributed by atoms with Crippen LogP contribution in [0.2, 0.25) is 0 Å². The van der Waals surface area contributed by atoms with Crippen LogP contribution in [0, 0.1) is 17.8 Å². The minimum absolute atomic E-state index is 0.0786. The minimum atomic E-state index is -1.41. The molecule has 11 atom stereocenters. The fraction of sp³-hybridized carbons (Fsp3) is 0.703. The molecule has 0 spiro atoms. The first-order valence-corrected chi connectivity index (χ1v) is 18.2. The molecule has 0 bridgehead atoms. The summed E-state index contributed by atoms with van der Waals surface area (Å²) < 4.78 is 23.9. The SMILES string of the molecule is CCC1=CCC(C)C(C2C(C)CC(NC(=O)N(CCNC(=O)OC(C)(C)C)OC(=O)c3ccccc3)C(OC3OCC(C)(O)C(NC)C3O)C2O)O1. The van der Waals surface area contributed by atoms with Crippen LogP contribution in [0.5, 0.6) is 0 Å². The van der Waals surface area contributed by atoms with Crippen molar-refractivity contribution in [2.24, 2.45) is 17.8 Å². The average Bonchev–Trinajstić information content (AvgIpc) is 3.07. The molecule has 1 aliphatic carbocycles. The Morgan fingerprint density at radius 1 is 1.08 bits per heavy atom. The van der Waals surface area contributed by atoms with E-state index in [0.29, 0.717) is 12.8 Å². The van der Waals surface area contributed by atoms with Gasteiger partial charge in [0.15, 0.2) is 6.29 Å². The average molecular weight is 735 g/mol. The highest BCUT2D eigenvalue weighted by molar-refractivity contribution is 5.90. The van der Waals surface area contributed by atoms with Crippen LogP contribution >= 0.6 is 0 Å². The van der Waals surface area contributed by atoms with Gasteiger partial charge in [0.2, 0.25) is 0 Å². The minimum Gasteiger partial charge on any atom is -0.494 e. The Morgan fingerprint density at radius 3 is 2.40 bits per heavy atom. The zero-order valence-electron chi connectivity index (χ0n) is 31.5. The maximum absolute atomic E-state index is 14.0. The predicted molar refractivity (Wildman–Crippen MR) is 190 cm³/mol. The lowest BCUT2D eigenvalue weighted by atomic mass is 9.68. The molecule has 292 valence electrons. The molecule has 4 rings (SSSR count). The molecular weight excluding hydrogens is 676 g/mol. The number of alkyl carbamates (subject to hydrolysis) is 1. The van der Waals surface area contributed by atoms with Crippen molar-refractivity contribution in [1.29, 1.82) is 0 Å². The molecule has 3 aliphatic rings. The Bertz CT molecular complexity index is 1390. The molecule has 52 heavy (non-hydrogen) atoms. The van der Waals surface area contributed by atoms with Crippen molar-refractivity contribution in [3.05, 3.63) is 47.7 Å². The van der Waals surface area contributed by atoms with Gasteiger partial charge in [-0.15, -0.1) is 0 Å². The monoisotopic (exact) mass is 734 g/mol. The van der Waals surface area contributed by atoms with Gasteiger partial charge >= 0.3 is 18.1 Å². The van der Waals surface area contributed by atoms with Gasteiger partial charge in [-0.25, -0.2) is 14.4 Å². The van der Waals surface area contributed by atoms with Gasteiger partial charge in [-0.3, -0.25) is 0 Å². The molecule has 1 aromatic carbocycles. The molecule has 6 N–H and O–H groups in total. The molecule has 1 saturated carbocycles. The van der Waals surface area contributed by atoms with Crippen molar-refractivity contribution in [2.45, 2.75) is 122 Å². The number of amides is 3. The summed E-state index contributed by atoms with van der Waals surface area (Å²) in [4.78, 5) is 45.0. The van der Waals surface area contributed by atoms with E-state index in [1.807, 2.05) is 13.8 Å². The molecular formula is C37H58N4O11. The van der Waals surface area contributed by atoms with Gasteiger partial charge in [0.1, 0.15) is 29.5 Å². The second-order valence-electron chi connectivity index (χ2n) is 15.3. The number of allylic oxidation sites excluding steroid dienone is 2. The molecule has 1 saturated heterocycles. The highest BCUT2D eigenvalue weighted by atomic mass is 16.7. The largest absolute Gasteiger partial charge is 0.494 e. The highest BCUT2D eigenvalue weighted by Gasteiger charge is 2.53. The maximum Gasteiger partial charge on any atom is 0.407 e. The number of carbonyl (C=O) groups is 3. The van der Waals surface area contributed by atoms with Gasteiger partial charge in [-0.1, -0.05) is 39.0 Å². The summed E-state index contributed by atoms with van der Waals surface area (Å²) >= 11 is 0. The second-order valence-corrected chi connectivity index (χ2v) is 15.3. The first-order chi connectivity index (χ1) is 24.4. The van der Waals surface area contributed by atoms with Crippen LogP contribution in [0.15, 0.2) is 42.2 Å². The quantitative estimate of drug-likeness (QED) is 0.193. The summed E-state index contributed by atoms with van der Waals surface area (Å²) in [7, 11) is 1.60. The molecule has 0 aromatic heterocycles. The van der Waals surface area contributed by atoms with Gasteiger partial charge in [-0.05, 0) is 77.6 Å².